The first-order valence-electron chi connectivity index (χ1n) is 11.9. The minimum atomic E-state index is -4.57. The highest BCUT2D eigenvalue weighted by Crippen LogP contribution is 2.32. The first-order valence-corrected chi connectivity index (χ1v) is 11.9. The van der Waals surface area contributed by atoms with E-state index in [1.807, 2.05) is 0 Å². The fraction of sp³-hybridized carbons (Fsp3) is 0.346. The predicted molar refractivity (Wildman–Crippen MR) is 136 cm³/mol. The molecule has 1 aliphatic heterocycles. The van der Waals surface area contributed by atoms with Gasteiger partial charge in [-0.2, -0.15) is 13.2 Å². The van der Waals surface area contributed by atoms with Crippen LogP contribution in [0, 0.1) is 11.8 Å². The van der Waals surface area contributed by atoms with Crippen LogP contribution in [0.4, 0.5) is 18.9 Å². The third kappa shape index (κ3) is 7.02. The Morgan fingerprint density at radius 2 is 1.92 bits per heavy atom. The van der Waals surface area contributed by atoms with Crippen LogP contribution in [0.25, 0.3) is 11.4 Å². The largest absolute Gasteiger partial charge is 0.490 e. The van der Waals surface area contributed by atoms with Gasteiger partial charge < -0.3 is 24.5 Å². The van der Waals surface area contributed by atoms with Crippen LogP contribution in [-0.2, 0) is 18.0 Å². The number of pyridine rings is 1. The average molecular weight is 529 g/mol. The van der Waals surface area contributed by atoms with E-state index in [9.17, 15) is 22.8 Å². The highest BCUT2D eigenvalue weighted by Gasteiger charge is 2.33. The molecule has 200 valence electrons. The van der Waals surface area contributed by atoms with Crippen molar-refractivity contribution in [2.75, 3.05) is 51.7 Å². The molecule has 12 heteroatoms. The van der Waals surface area contributed by atoms with Gasteiger partial charge in [-0.25, -0.2) is 4.98 Å². The van der Waals surface area contributed by atoms with Crippen LogP contribution in [0.1, 0.15) is 11.3 Å². The Hall–Kier alpha value is -4.08. The number of nitrogens with zero attached hydrogens (tertiary/aromatic N) is 4. The molecule has 9 nitrogen and oxygen atoms in total. The molecule has 4 rings (SSSR count). The Kier molecular flexibility index (Phi) is 8.19. The summed E-state index contributed by atoms with van der Waals surface area (Å²) in [4.78, 5) is 35.0. The van der Waals surface area contributed by atoms with Gasteiger partial charge in [0.15, 0.2) is 0 Å². The van der Waals surface area contributed by atoms with Crippen molar-refractivity contribution in [1.82, 2.24) is 24.3 Å². The van der Waals surface area contributed by atoms with Gasteiger partial charge in [-0.3, -0.25) is 14.5 Å². The number of H-pyrrole nitrogens is 1. The normalized spacial score (nSPS) is 14.6. The van der Waals surface area contributed by atoms with Gasteiger partial charge in [0.2, 0.25) is 0 Å². The van der Waals surface area contributed by atoms with Crippen molar-refractivity contribution in [1.29, 1.82) is 0 Å². The molecule has 3 aromatic rings. The molecule has 0 radical (unpaired) electrons. The van der Waals surface area contributed by atoms with Gasteiger partial charge >= 0.3 is 12.1 Å². The van der Waals surface area contributed by atoms with Gasteiger partial charge in [-0.15, -0.1) is 0 Å². The molecule has 0 saturated carbocycles. The number of likely N-dealkylation sites (N-methyl/N-ethyl adjacent to an activating group) is 1. The summed E-state index contributed by atoms with van der Waals surface area (Å²) < 4.78 is 46.4. The van der Waals surface area contributed by atoms with Gasteiger partial charge in [0.1, 0.15) is 23.9 Å². The smallest absolute Gasteiger partial charge is 0.432 e. The van der Waals surface area contributed by atoms with E-state index in [4.69, 9.17) is 4.74 Å². The predicted octanol–water partition coefficient (Wildman–Crippen LogP) is 2.41. The van der Waals surface area contributed by atoms with E-state index in [1.54, 1.807) is 31.4 Å². The van der Waals surface area contributed by atoms with Crippen molar-refractivity contribution in [2.24, 2.45) is 7.05 Å². The first kappa shape index (κ1) is 27.0. The van der Waals surface area contributed by atoms with Gasteiger partial charge in [-0.1, -0.05) is 5.92 Å². The lowest BCUT2D eigenvalue weighted by Gasteiger charge is -2.32. The molecule has 0 unspecified atom stereocenters. The number of aromatic nitrogens is 3. The van der Waals surface area contributed by atoms with E-state index in [2.05, 4.69) is 44.0 Å². The van der Waals surface area contributed by atoms with Crippen LogP contribution in [0.3, 0.4) is 0 Å². The van der Waals surface area contributed by atoms with E-state index >= 15 is 0 Å². The Bertz CT molecular complexity index is 1410. The number of hydrogen-bond acceptors (Lipinski definition) is 6. The number of rotatable bonds is 6. The molecule has 0 bridgehead atoms. The third-order valence-corrected chi connectivity index (χ3v) is 6.07. The number of carbonyl (C=O) groups excluding carboxylic acids is 1. The molecule has 1 fully saturated rings. The number of piperazine rings is 1. The van der Waals surface area contributed by atoms with E-state index in [0.29, 0.717) is 36.2 Å². The number of aromatic amines is 1. The van der Waals surface area contributed by atoms with Gasteiger partial charge in [-0.05, 0) is 31.3 Å². The second kappa shape index (κ2) is 11.5. The first-order chi connectivity index (χ1) is 18.1. The lowest BCUT2D eigenvalue weighted by Crippen LogP contribution is -2.45. The second-order valence-corrected chi connectivity index (χ2v) is 8.92. The molecular weight excluding hydrogens is 501 g/mol. The van der Waals surface area contributed by atoms with Crippen molar-refractivity contribution in [2.45, 2.75) is 6.18 Å². The summed E-state index contributed by atoms with van der Waals surface area (Å²) in [5.41, 5.74) is -0.324. The molecule has 2 aromatic heterocycles. The number of anilines is 1. The molecule has 1 aromatic carbocycles. The Labute approximate surface area is 217 Å². The lowest BCUT2D eigenvalue weighted by molar-refractivity contribution is -0.140. The number of carbonyl (C=O) groups is 1. The van der Waals surface area contributed by atoms with Crippen LogP contribution in [0.2, 0.25) is 0 Å². The molecule has 0 spiro atoms. The molecule has 38 heavy (non-hydrogen) atoms. The summed E-state index contributed by atoms with van der Waals surface area (Å²) in [5, 5.41) is 2.64. The lowest BCUT2D eigenvalue weighted by atomic mass is 10.1. The topological polar surface area (TPSA) is 95.5 Å². The van der Waals surface area contributed by atoms with Crippen LogP contribution >= 0.6 is 0 Å². The number of nitrogens with one attached hydrogen (secondary N) is 2. The standard InChI is InChI=1S/C26H27F3N6O3/c1-33-9-11-35(12-10-33)13-14-38-21-5-4-19(25-30-17-22(32-25)26(27,28)29)16-20(21)31-23(36)6-3-18-7-8-34(2)24(37)15-18/h4-5,7-8,15-17H,9-14H2,1-2H3,(H,30,32)(H,31,36). The summed E-state index contributed by atoms with van der Waals surface area (Å²) in [7, 11) is 3.67. The number of imidazole rings is 1. The van der Waals surface area contributed by atoms with Crippen molar-refractivity contribution < 1.29 is 22.7 Å². The van der Waals surface area contributed by atoms with Crippen LogP contribution in [0.15, 0.2) is 47.5 Å². The minimum Gasteiger partial charge on any atom is -0.490 e. The van der Waals surface area contributed by atoms with E-state index in [1.165, 1.54) is 16.7 Å². The van der Waals surface area contributed by atoms with Crippen molar-refractivity contribution in [3.63, 3.8) is 0 Å². The van der Waals surface area contributed by atoms with Gasteiger partial charge in [0.25, 0.3) is 5.56 Å². The Balaban J connectivity index is 1.53. The molecule has 3 heterocycles. The van der Waals surface area contributed by atoms with E-state index < -0.39 is 17.8 Å². The monoisotopic (exact) mass is 528 g/mol. The van der Waals surface area contributed by atoms with Crippen LogP contribution < -0.4 is 15.6 Å². The van der Waals surface area contributed by atoms with Crippen molar-refractivity contribution in [3.8, 4) is 29.0 Å². The summed E-state index contributed by atoms with van der Waals surface area (Å²) in [6, 6.07) is 7.51. The average Bonchev–Trinajstić information content (AvgIpc) is 3.38. The Morgan fingerprint density at radius 1 is 1.16 bits per heavy atom. The molecular formula is C26H27F3N6O3. The van der Waals surface area contributed by atoms with Crippen LogP contribution in [-0.4, -0.2) is 76.6 Å². The SMILES string of the molecule is CN1CCN(CCOc2ccc(-c3ncc(C(F)(F)F)[nH]3)cc2NC(=O)C#Cc2ccn(C)c(=O)c2)CC1. The fourth-order valence-corrected chi connectivity index (χ4v) is 3.78. The zero-order valence-corrected chi connectivity index (χ0v) is 20.9. The summed E-state index contributed by atoms with van der Waals surface area (Å²) in [6.45, 7) is 4.79. The highest BCUT2D eigenvalue weighted by molar-refractivity contribution is 6.05. The number of amides is 1. The molecule has 1 amide bonds. The summed E-state index contributed by atoms with van der Waals surface area (Å²) >= 11 is 0. The molecule has 1 saturated heterocycles. The molecule has 1 aliphatic rings. The van der Waals surface area contributed by atoms with Gasteiger partial charge in [0.05, 0.1) is 11.9 Å². The molecule has 0 aliphatic carbocycles. The number of halogens is 3. The zero-order chi connectivity index (χ0) is 27.3. The number of alkyl halides is 3. The van der Waals surface area contributed by atoms with Crippen molar-refractivity contribution in [3.05, 3.63) is 64.3 Å². The van der Waals surface area contributed by atoms with E-state index in [0.717, 1.165) is 26.2 Å². The van der Waals surface area contributed by atoms with E-state index in [-0.39, 0.29) is 17.1 Å². The van der Waals surface area contributed by atoms with Gasteiger partial charge in [0, 0.05) is 69.1 Å². The maximum Gasteiger partial charge on any atom is 0.432 e. The number of aryl methyl sites for hydroxylation is 1. The maximum atomic E-state index is 13.0. The third-order valence-electron chi connectivity index (χ3n) is 6.07. The number of ether oxygens (including phenoxy) is 1. The number of hydrogen-bond donors (Lipinski definition) is 2. The molecule has 0 atom stereocenters. The fourth-order valence-electron chi connectivity index (χ4n) is 3.78. The number of benzene rings is 1. The quantitative estimate of drug-likeness (QED) is 0.478. The van der Waals surface area contributed by atoms with Crippen LogP contribution in [0.5, 0.6) is 5.75 Å². The highest BCUT2D eigenvalue weighted by atomic mass is 19.4. The summed E-state index contributed by atoms with van der Waals surface area (Å²) in [5.74, 6) is 4.72. The summed E-state index contributed by atoms with van der Waals surface area (Å²) in [6.07, 6.45) is -2.31. The Morgan fingerprint density at radius 3 is 2.61 bits per heavy atom. The second-order valence-electron chi connectivity index (χ2n) is 8.92. The maximum absolute atomic E-state index is 13.0. The zero-order valence-electron chi connectivity index (χ0n) is 20.9. The minimum absolute atomic E-state index is 0.0111. The molecule has 2 N–H and O–H groups in total. The van der Waals surface area contributed by atoms with Crippen molar-refractivity contribution >= 4 is 11.6 Å².